The molecule has 0 aliphatic rings. The van der Waals surface area contributed by atoms with Crippen LogP contribution in [0.5, 0.6) is 0 Å². The zero-order valence-electron chi connectivity index (χ0n) is 10.2. The number of hydrogen-bond acceptors (Lipinski definition) is 5. The second-order valence-electron chi connectivity index (χ2n) is 4.02. The molecule has 1 rings (SSSR count). The molecule has 0 spiro atoms. The van der Waals surface area contributed by atoms with Crippen LogP contribution in [0.15, 0.2) is 12.1 Å². The van der Waals surface area contributed by atoms with Gasteiger partial charge in [0.2, 0.25) is 10.0 Å². The Morgan fingerprint density at radius 3 is 2.63 bits per heavy atom. The van der Waals surface area contributed by atoms with Gasteiger partial charge in [0.25, 0.3) is 5.69 Å². The van der Waals surface area contributed by atoms with Gasteiger partial charge in [-0.05, 0) is 25.0 Å². The highest BCUT2D eigenvalue weighted by atomic mass is 32.2. The summed E-state index contributed by atoms with van der Waals surface area (Å²) in [6, 6.07) is 2.14. The van der Waals surface area contributed by atoms with Gasteiger partial charge in [-0.2, -0.15) is 0 Å². The fourth-order valence-corrected chi connectivity index (χ4v) is 2.01. The summed E-state index contributed by atoms with van der Waals surface area (Å²) in [6.07, 6.45) is 0.201. The first-order chi connectivity index (χ1) is 8.70. The van der Waals surface area contributed by atoms with E-state index < -0.39 is 26.5 Å². The Morgan fingerprint density at radius 1 is 1.47 bits per heavy atom. The quantitative estimate of drug-likeness (QED) is 0.463. The molecule has 0 atom stereocenters. The van der Waals surface area contributed by atoms with Crippen molar-refractivity contribution in [2.24, 2.45) is 5.14 Å². The smallest absolute Gasteiger partial charge is 0.295 e. The summed E-state index contributed by atoms with van der Waals surface area (Å²) in [4.78, 5) is 10.1. The third-order valence-electron chi connectivity index (χ3n) is 2.39. The van der Waals surface area contributed by atoms with Gasteiger partial charge >= 0.3 is 0 Å². The van der Waals surface area contributed by atoms with Crippen molar-refractivity contribution in [3.05, 3.63) is 33.6 Å². The van der Waals surface area contributed by atoms with E-state index >= 15 is 0 Å². The van der Waals surface area contributed by atoms with E-state index in [1.807, 2.05) is 0 Å². The van der Waals surface area contributed by atoms with Gasteiger partial charge in [0.05, 0.1) is 16.7 Å². The first-order valence-electron chi connectivity index (χ1n) is 5.39. The first-order valence-corrected chi connectivity index (χ1v) is 7.11. The average molecular weight is 291 g/mol. The number of rotatable bonds is 6. The van der Waals surface area contributed by atoms with E-state index in [4.69, 9.17) is 5.14 Å². The maximum Gasteiger partial charge on any atom is 0.295 e. The summed E-state index contributed by atoms with van der Waals surface area (Å²) in [7, 11) is -3.55. The van der Waals surface area contributed by atoms with Crippen molar-refractivity contribution in [1.82, 2.24) is 0 Å². The molecule has 0 aromatic heterocycles. The van der Waals surface area contributed by atoms with Gasteiger partial charge in [-0.1, -0.05) is 0 Å². The van der Waals surface area contributed by atoms with Crippen LogP contribution in [-0.2, 0) is 10.0 Å². The van der Waals surface area contributed by atoms with Crippen molar-refractivity contribution in [1.29, 1.82) is 0 Å². The van der Waals surface area contributed by atoms with Gasteiger partial charge in [0, 0.05) is 6.54 Å². The molecule has 0 bridgehead atoms. The van der Waals surface area contributed by atoms with Gasteiger partial charge in [-0.25, -0.2) is 17.9 Å². The number of nitro benzene ring substituents is 1. The SMILES string of the molecule is Cc1cc(NCCCS(N)(=O)=O)c([N+](=O)[O-])cc1F. The lowest BCUT2D eigenvalue weighted by Crippen LogP contribution is -2.18. The van der Waals surface area contributed by atoms with E-state index in [0.29, 0.717) is 0 Å². The standard InChI is InChI=1S/C10H14FN3O4S/c1-7-5-9(10(14(15)16)6-8(7)11)13-3-2-4-19(12,17)18/h5-6,13H,2-4H2,1H3,(H2,12,17,18). The molecular weight excluding hydrogens is 277 g/mol. The van der Waals surface area contributed by atoms with Gasteiger partial charge < -0.3 is 5.32 Å². The van der Waals surface area contributed by atoms with Crippen LogP contribution in [0.1, 0.15) is 12.0 Å². The van der Waals surface area contributed by atoms with Crippen molar-refractivity contribution >= 4 is 21.4 Å². The Hall–Kier alpha value is -1.74. The summed E-state index contributed by atoms with van der Waals surface area (Å²) < 4.78 is 34.7. The van der Waals surface area contributed by atoms with Crippen molar-refractivity contribution in [3.8, 4) is 0 Å². The Balaban J connectivity index is 2.77. The number of aryl methyl sites for hydroxylation is 1. The average Bonchev–Trinajstić information content (AvgIpc) is 2.27. The topological polar surface area (TPSA) is 115 Å². The van der Waals surface area contributed by atoms with Crippen LogP contribution < -0.4 is 10.5 Å². The molecule has 0 radical (unpaired) electrons. The van der Waals surface area contributed by atoms with Gasteiger partial charge in [0.1, 0.15) is 11.5 Å². The molecule has 1 aromatic carbocycles. The summed E-state index contributed by atoms with van der Waals surface area (Å²) in [5.41, 5.74) is 0.0246. The van der Waals surface area contributed by atoms with Crippen LogP contribution in [0.3, 0.4) is 0 Å². The Labute approximate surface area is 109 Å². The molecule has 0 amide bonds. The molecule has 0 fully saturated rings. The van der Waals surface area contributed by atoms with Crippen molar-refractivity contribution in [2.45, 2.75) is 13.3 Å². The van der Waals surface area contributed by atoms with Crippen LogP contribution >= 0.6 is 0 Å². The minimum absolute atomic E-state index is 0.151. The van der Waals surface area contributed by atoms with E-state index in [2.05, 4.69) is 5.32 Å². The minimum Gasteiger partial charge on any atom is -0.379 e. The minimum atomic E-state index is -3.55. The number of benzene rings is 1. The zero-order chi connectivity index (χ0) is 14.6. The van der Waals surface area contributed by atoms with Crippen molar-refractivity contribution in [3.63, 3.8) is 0 Å². The van der Waals surface area contributed by atoms with Crippen molar-refractivity contribution < 1.29 is 17.7 Å². The molecule has 106 valence electrons. The number of nitro groups is 1. The second kappa shape index (κ2) is 5.93. The van der Waals surface area contributed by atoms with Crippen LogP contribution in [-0.4, -0.2) is 25.6 Å². The summed E-state index contributed by atoms with van der Waals surface area (Å²) >= 11 is 0. The number of sulfonamides is 1. The highest BCUT2D eigenvalue weighted by Crippen LogP contribution is 2.27. The Morgan fingerprint density at radius 2 is 2.11 bits per heavy atom. The monoisotopic (exact) mass is 291 g/mol. The van der Waals surface area contributed by atoms with Crippen molar-refractivity contribution in [2.75, 3.05) is 17.6 Å². The molecule has 0 unspecified atom stereocenters. The van der Waals surface area contributed by atoms with Gasteiger partial charge in [0.15, 0.2) is 0 Å². The Kier molecular flexibility index (Phi) is 4.78. The molecule has 0 aliphatic carbocycles. The molecule has 0 saturated carbocycles. The van der Waals surface area contributed by atoms with E-state index in [0.717, 1.165) is 6.07 Å². The Bertz CT molecular complexity index is 589. The third kappa shape index (κ3) is 4.79. The van der Waals surface area contributed by atoms with Crippen LogP contribution in [0.2, 0.25) is 0 Å². The summed E-state index contributed by atoms with van der Waals surface area (Å²) in [5, 5.41) is 18.3. The molecule has 0 heterocycles. The largest absolute Gasteiger partial charge is 0.379 e. The normalized spacial score (nSPS) is 11.3. The number of anilines is 1. The van der Waals surface area contributed by atoms with Crippen LogP contribution in [0.25, 0.3) is 0 Å². The molecule has 3 N–H and O–H groups in total. The number of halogens is 1. The lowest BCUT2D eigenvalue weighted by molar-refractivity contribution is -0.384. The lowest BCUT2D eigenvalue weighted by Gasteiger charge is -2.08. The van der Waals surface area contributed by atoms with Gasteiger partial charge in [-0.3, -0.25) is 10.1 Å². The van der Waals surface area contributed by atoms with E-state index in [1.54, 1.807) is 0 Å². The van der Waals surface area contributed by atoms with E-state index in [9.17, 15) is 22.9 Å². The number of nitrogens with zero attached hydrogens (tertiary/aromatic N) is 1. The fraction of sp³-hybridized carbons (Fsp3) is 0.400. The maximum atomic E-state index is 13.2. The molecular formula is C10H14FN3O4S. The number of nitrogens with one attached hydrogen (secondary N) is 1. The molecule has 19 heavy (non-hydrogen) atoms. The lowest BCUT2D eigenvalue weighted by atomic mass is 10.2. The van der Waals surface area contributed by atoms with Crippen LogP contribution in [0, 0.1) is 22.9 Å². The fourth-order valence-electron chi connectivity index (χ4n) is 1.46. The van der Waals surface area contributed by atoms with E-state index in [-0.39, 0.29) is 30.0 Å². The molecule has 9 heteroatoms. The molecule has 0 aliphatic heterocycles. The first kappa shape index (κ1) is 15.3. The van der Waals surface area contributed by atoms with Crippen LogP contribution in [0.4, 0.5) is 15.8 Å². The second-order valence-corrected chi connectivity index (χ2v) is 5.76. The number of nitrogens with two attached hydrogens (primary N) is 1. The summed E-state index contributed by atoms with van der Waals surface area (Å²) in [5.74, 6) is -0.893. The van der Waals surface area contributed by atoms with Gasteiger partial charge in [-0.15, -0.1) is 0 Å². The third-order valence-corrected chi connectivity index (χ3v) is 3.25. The van der Waals surface area contributed by atoms with E-state index in [1.165, 1.54) is 13.0 Å². The highest BCUT2D eigenvalue weighted by molar-refractivity contribution is 7.89. The molecule has 7 nitrogen and oxygen atoms in total. The maximum absolute atomic E-state index is 13.2. The predicted molar refractivity (Wildman–Crippen MR) is 68.9 cm³/mol. The summed E-state index contributed by atoms with van der Waals surface area (Å²) in [6.45, 7) is 1.66. The highest BCUT2D eigenvalue weighted by Gasteiger charge is 2.16. The number of hydrogen-bond donors (Lipinski definition) is 2. The molecule has 1 aromatic rings. The zero-order valence-corrected chi connectivity index (χ0v) is 11.0. The number of primary sulfonamides is 1. The predicted octanol–water partition coefficient (Wildman–Crippen LogP) is 1.13. The molecule has 0 saturated heterocycles.